The maximum Gasteiger partial charge on any atom is 0.338 e. The molecule has 2 aliphatic heterocycles. The van der Waals surface area contributed by atoms with Crippen molar-refractivity contribution < 1.29 is 19.1 Å². The smallest absolute Gasteiger partial charge is 0.338 e. The molecule has 0 radical (unpaired) electrons. The molecule has 0 atom stereocenters. The van der Waals surface area contributed by atoms with Gasteiger partial charge in [-0.1, -0.05) is 303 Å². The zero-order chi connectivity index (χ0) is 80.0. The van der Waals surface area contributed by atoms with E-state index >= 15 is 0 Å². The standard InChI is InChI=1S/C106H70BN9O4/c117-105(119-67-69-27-9-1-10-28-69)81-51-59-94-89(63-81)107-90-64-82(106(118)120-68-70-29-11-2-12-30-70)52-60-95(90)115(85-55-47-74(48-56-85)72-33-15-4-16-34-72)97-66-83(65-96(98(97)107)114(94)84-53-45-73(46-54-84)71-31-13-3-14-32-71)79-49-57-92-87(61-79)86-43-25-26-44-91(86)116(92)93-58-50-80(103-110-99(75-35-17-5-18-36-75)108-100(111-103)76-37-19-6-20-38-76)62-88(93)104-112-101(77-39-21-7-22-40-77)109-102(113-104)78-41-23-8-24-42-78/h1-66H,67-68H2. The number of rotatable bonds is 18. The highest BCUT2D eigenvalue weighted by Crippen LogP contribution is 2.49. The van der Waals surface area contributed by atoms with Crippen LogP contribution in [0.2, 0.25) is 0 Å². The van der Waals surface area contributed by atoms with Crippen LogP contribution in [0.4, 0.5) is 34.1 Å². The summed E-state index contributed by atoms with van der Waals surface area (Å²) in [5, 5.41) is 2.02. The summed E-state index contributed by atoms with van der Waals surface area (Å²) in [5.74, 6) is 2.10. The van der Waals surface area contributed by atoms with Crippen LogP contribution in [0, 0.1) is 0 Å². The number of nitrogens with zero attached hydrogens (tertiary/aromatic N) is 9. The number of esters is 2. The summed E-state index contributed by atoms with van der Waals surface area (Å²) in [4.78, 5) is 66.0. The van der Waals surface area contributed by atoms with Crippen LogP contribution in [-0.4, -0.2) is 53.1 Å². The van der Waals surface area contributed by atoms with Gasteiger partial charge in [0.05, 0.1) is 27.8 Å². The SMILES string of the molecule is O=C(OCc1ccccc1)c1ccc2c(c1)B1c3cc(C(=O)OCc4ccccc4)ccc3N(c3ccc(-c4ccccc4)cc3)c3cc(-c4ccc5c(c4)c4ccccc4n5-c4ccc(-c5nc(-c6ccccc6)nc(-c6ccccc6)n5)cc4-c4nc(-c5ccccc5)nc(-c5ccccc5)n4)cc(c31)N2c1ccc(-c2ccccc2)cc1. The highest BCUT2D eigenvalue weighted by molar-refractivity contribution is 7.00. The van der Waals surface area contributed by atoms with E-state index in [-0.39, 0.29) is 13.2 Å². The minimum atomic E-state index is -0.558. The van der Waals surface area contributed by atoms with Gasteiger partial charge in [-0.25, -0.2) is 39.5 Å². The van der Waals surface area contributed by atoms with Gasteiger partial charge < -0.3 is 23.8 Å². The molecule has 0 unspecified atom stereocenters. The number of ether oxygens (including phenoxy) is 2. The van der Waals surface area contributed by atoms with E-state index < -0.39 is 18.7 Å². The summed E-state index contributed by atoms with van der Waals surface area (Å²) >= 11 is 0. The first-order valence-corrected chi connectivity index (χ1v) is 40.0. The van der Waals surface area contributed by atoms with Crippen molar-refractivity contribution in [3.05, 3.63) is 423 Å². The Balaban J connectivity index is 0.788. The lowest BCUT2D eigenvalue weighted by Crippen LogP contribution is -2.61. The fraction of sp³-hybridized carbons (Fsp3) is 0.0189. The van der Waals surface area contributed by atoms with Crippen LogP contribution in [0.25, 0.3) is 129 Å². The lowest BCUT2D eigenvalue weighted by molar-refractivity contribution is 0.0464. The van der Waals surface area contributed by atoms with Crippen molar-refractivity contribution in [3.63, 3.8) is 0 Å². The average molecular weight is 1540 g/mol. The van der Waals surface area contributed by atoms with E-state index in [4.69, 9.17) is 39.4 Å². The molecule has 0 bridgehead atoms. The highest BCUT2D eigenvalue weighted by atomic mass is 16.5. The van der Waals surface area contributed by atoms with Crippen LogP contribution >= 0.6 is 0 Å². The maximum absolute atomic E-state index is 14.8. The average Bonchev–Trinajstić information content (AvgIpc) is 0.766. The second kappa shape index (κ2) is 30.9. The van der Waals surface area contributed by atoms with Gasteiger partial charge in [0, 0.05) is 78.3 Å². The van der Waals surface area contributed by atoms with Crippen molar-refractivity contribution in [1.29, 1.82) is 0 Å². The molecule has 0 saturated heterocycles. The zero-order valence-corrected chi connectivity index (χ0v) is 64.8. The van der Waals surface area contributed by atoms with Crippen molar-refractivity contribution in [2.75, 3.05) is 9.80 Å². The third kappa shape index (κ3) is 13.5. The normalized spacial score (nSPS) is 11.9. The molecule has 16 aromatic carbocycles. The minimum absolute atomic E-state index is 0.0913. The van der Waals surface area contributed by atoms with E-state index in [1.54, 1.807) is 0 Å². The Morgan fingerprint density at radius 1 is 0.258 bits per heavy atom. The van der Waals surface area contributed by atoms with E-state index in [1.807, 2.05) is 218 Å². The Bertz CT molecular complexity index is 6790. The molecule has 0 N–H and O–H groups in total. The van der Waals surface area contributed by atoms with Gasteiger partial charge in [-0.05, 0) is 158 Å². The molecule has 0 fully saturated rings. The predicted octanol–water partition coefficient (Wildman–Crippen LogP) is 23.0. The largest absolute Gasteiger partial charge is 0.457 e. The highest BCUT2D eigenvalue weighted by Gasteiger charge is 2.45. The topological polar surface area (TPSA) is 141 Å². The minimum Gasteiger partial charge on any atom is -0.457 e. The summed E-state index contributed by atoms with van der Waals surface area (Å²) in [5.41, 5.74) is 24.2. The number of hydrogen-bond acceptors (Lipinski definition) is 12. The van der Waals surface area contributed by atoms with E-state index in [9.17, 15) is 9.59 Å². The summed E-state index contributed by atoms with van der Waals surface area (Å²) in [6.45, 7) is -0.375. The van der Waals surface area contributed by atoms with Gasteiger partial charge in [-0.15, -0.1) is 0 Å². The van der Waals surface area contributed by atoms with Crippen LogP contribution < -0.4 is 26.2 Å². The van der Waals surface area contributed by atoms with Crippen LogP contribution in [0.3, 0.4) is 0 Å². The van der Waals surface area contributed by atoms with Crippen LogP contribution in [0.15, 0.2) is 400 Å². The summed E-state index contributed by atoms with van der Waals surface area (Å²) in [7, 11) is 0. The zero-order valence-electron chi connectivity index (χ0n) is 64.8. The third-order valence-electron chi connectivity index (χ3n) is 22.6. The molecule has 0 amide bonds. The maximum atomic E-state index is 14.8. The molecule has 19 aromatic rings. The van der Waals surface area contributed by atoms with E-state index in [0.717, 1.165) is 150 Å². The van der Waals surface area contributed by atoms with Crippen molar-refractivity contribution in [2.24, 2.45) is 0 Å². The van der Waals surface area contributed by atoms with Gasteiger partial charge in [0.1, 0.15) is 13.2 Å². The van der Waals surface area contributed by atoms with Crippen molar-refractivity contribution >= 4 is 91.0 Å². The number of carbonyl (C=O) groups excluding carboxylic acids is 2. The Hall–Kier alpha value is -16.1. The number of carbonyl (C=O) groups is 2. The molecule has 5 heterocycles. The molecule has 0 aliphatic carbocycles. The molecule has 14 heteroatoms. The van der Waals surface area contributed by atoms with Crippen molar-refractivity contribution in [1.82, 2.24) is 34.5 Å². The lowest BCUT2D eigenvalue weighted by atomic mass is 9.33. The van der Waals surface area contributed by atoms with Crippen LogP contribution in [-0.2, 0) is 22.7 Å². The number of hydrogen-bond donors (Lipinski definition) is 0. The molecule has 13 nitrogen and oxygen atoms in total. The molecular formula is C106H70BN9O4. The fourth-order valence-electron chi connectivity index (χ4n) is 16.8. The molecule has 3 aromatic heterocycles. The van der Waals surface area contributed by atoms with E-state index in [1.165, 1.54) is 0 Å². The number of aromatic nitrogens is 7. The predicted molar refractivity (Wildman–Crippen MR) is 482 cm³/mol. The number of para-hydroxylation sites is 1. The first-order chi connectivity index (χ1) is 59.3. The van der Waals surface area contributed by atoms with Gasteiger partial charge in [0.15, 0.2) is 34.9 Å². The van der Waals surface area contributed by atoms with E-state index in [0.29, 0.717) is 51.6 Å². The summed E-state index contributed by atoms with van der Waals surface area (Å²) < 4.78 is 14.7. The summed E-state index contributed by atoms with van der Waals surface area (Å²) in [6, 6.07) is 136. The lowest BCUT2D eigenvalue weighted by Gasteiger charge is -2.44. The molecule has 21 rings (SSSR count). The molecular weight excluding hydrogens is 1470 g/mol. The molecule has 120 heavy (non-hydrogen) atoms. The Morgan fingerprint density at radius 2 is 0.600 bits per heavy atom. The van der Waals surface area contributed by atoms with Crippen molar-refractivity contribution in [3.8, 4) is 107 Å². The van der Waals surface area contributed by atoms with Gasteiger partial charge in [0.2, 0.25) is 0 Å². The molecule has 566 valence electrons. The quantitative estimate of drug-likeness (QED) is 0.0596. The van der Waals surface area contributed by atoms with Gasteiger partial charge in [-0.2, -0.15) is 0 Å². The Morgan fingerprint density at radius 3 is 1.03 bits per heavy atom. The molecule has 2 aliphatic rings. The fourth-order valence-corrected chi connectivity index (χ4v) is 16.8. The Kier molecular flexibility index (Phi) is 18.5. The molecule has 0 spiro atoms. The molecule has 0 saturated carbocycles. The van der Waals surface area contributed by atoms with Crippen LogP contribution in [0.1, 0.15) is 31.8 Å². The number of fused-ring (bicyclic) bond motifs is 7. The first-order valence-electron chi connectivity index (χ1n) is 40.0. The monoisotopic (exact) mass is 1540 g/mol. The summed E-state index contributed by atoms with van der Waals surface area (Å²) in [6.07, 6.45) is 0. The van der Waals surface area contributed by atoms with Gasteiger partial charge in [0.25, 0.3) is 6.71 Å². The first kappa shape index (κ1) is 71.7. The third-order valence-corrected chi connectivity index (χ3v) is 22.6. The Labute approximate surface area is 693 Å². The number of anilines is 6. The van der Waals surface area contributed by atoms with Crippen LogP contribution in [0.5, 0.6) is 0 Å². The van der Waals surface area contributed by atoms with Gasteiger partial charge >= 0.3 is 11.9 Å². The van der Waals surface area contributed by atoms with Gasteiger partial charge in [-0.3, -0.25) is 0 Å². The van der Waals surface area contributed by atoms with E-state index in [2.05, 4.69) is 196 Å². The second-order valence-corrected chi connectivity index (χ2v) is 29.9. The number of benzene rings is 16. The van der Waals surface area contributed by atoms with Crippen molar-refractivity contribution in [2.45, 2.75) is 13.2 Å². The second-order valence-electron chi connectivity index (χ2n) is 29.9.